The van der Waals surface area contributed by atoms with Gasteiger partial charge in [-0.25, -0.2) is 0 Å². The van der Waals surface area contributed by atoms with E-state index in [-0.39, 0.29) is 0 Å². The first-order valence-electron chi connectivity index (χ1n) is 5.98. The molecule has 1 aliphatic rings. The first kappa shape index (κ1) is 13.0. The highest BCUT2D eigenvalue weighted by Gasteiger charge is 2.30. The zero-order valence-electron chi connectivity index (χ0n) is 10.0. The SMILES string of the molecule is O=C([C@@H](O)[C@H](O)c1ccccc1)N1CCOCC1. The number of carbonyl (C=O) groups is 1. The van der Waals surface area contributed by atoms with Crippen LogP contribution in [0.3, 0.4) is 0 Å². The molecule has 18 heavy (non-hydrogen) atoms. The van der Waals surface area contributed by atoms with Crippen molar-refractivity contribution in [1.82, 2.24) is 4.90 Å². The fourth-order valence-corrected chi connectivity index (χ4v) is 1.94. The van der Waals surface area contributed by atoms with Gasteiger partial charge in [-0.05, 0) is 5.56 Å². The lowest BCUT2D eigenvalue weighted by atomic mass is 10.0. The predicted molar refractivity (Wildman–Crippen MR) is 64.8 cm³/mol. The standard InChI is InChI=1S/C13H17NO4/c15-11(10-4-2-1-3-5-10)12(16)13(17)14-6-8-18-9-7-14/h1-5,11-12,15-16H,6-9H2/t11-,12+/m1/s1. The Morgan fingerprint density at radius 2 is 1.78 bits per heavy atom. The van der Waals surface area contributed by atoms with E-state index in [4.69, 9.17) is 4.74 Å². The van der Waals surface area contributed by atoms with Crippen molar-refractivity contribution in [3.63, 3.8) is 0 Å². The average Bonchev–Trinajstić information content (AvgIpc) is 2.47. The zero-order valence-corrected chi connectivity index (χ0v) is 10.0. The molecule has 1 heterocycles. The maximum Gasteiger partial charge on any atom is 0.254 e. The Hall–Kier alpha value is -1.43. The highest BCUT2D eigenvalue weighted by Crippen LogP contribution is 2.18. The van der Waals surface area contributed by atoms with Gasteiger partial charge in [0.15, 0.2) is 6.10 Å². The Bertz CT molecular complexity index is 389. The summed E-state index contributed by atoms with van der Waals surface area (Å²) in [6, 6.07) is 8.68. The molecule has 2 N–H and O–H groups in total. The molecule has 2 atom stereocenters. The quantitative estimate of drug-likeness (QED) is 0.789. The molecule has 1 aliphatic heterocycles. The maximum absolute atomic E-state index is 12.0. The van der Waals surface area contributed by atoms with E-state index in [1.807, 2.05) is 6.07 Å². The minimum absolute atomic E-state index is 0.449. The van der Waals surface area contributed by atoms with Gasteiger partial charge in [-0.1, -0.05) is 30.3 Å². The number of aliphatic hydroxyl groups is 2. The van der Waals surface area contributed by atoms with Crippen molar-refractivity contribution in [2.45, 2.75) is 12.2 Å². The number of nitrogens with zero attached hydrogens (tertiary/aromatic N) is 1. The van der Waals surface area contributed by atoms with E-state index in [9.17, 15) is 15.0 Å². The normalized spacial score (nSPS) is 19.3. The van der Waals surface area contributed by atoms with E-state index in [2.05, 4.69) is 0 Å². The van der Waals surface area contributed by atoms with Gasteiger partial charge < -0.3 is 19.8 Å². The molecule has 1 aromatic rings. The van der Waals surface area contributed by atoms with Crippen molar-refractivity contribution in [2.75, 3.05) is 26.3 Å². The monoisotopic (exact) mass is 251 g/mol. The molecule has 0 aromatic heterocycles. The molecule has 0 radical (unpaired) electrons. The third-order valence-corrected chi connectivity index (χ3v) is 3.02. The van der Waals surface area contributed by atoms with Crippen molar-refractivity contribution < 1.29 is 19.7 Å². The van der Waals surface area contributed by atoms with Crippen LogP contribution in [0.2, 0.25) is 0 Å². The van der Waals surface area contributed by atoms with Crippen LogP contribution in [-0.4, -0.2) is 53.4 Å². The first-order valence-corrected chi connectivity index (χ1v) is 5.98. The number of hydrogen-bond donors (Lipinski definition) is 2. The Morgan fingerprint density at radius 1 is 1.17 bits per heavy atom. The lowest BCUT2D eigenvalue weighted by Crippen LogP contribution is -2.47. The maximum atomic E-state index is 12.0. The van der Waals surface area contributed by atoms with E-state index in [1.165, 1.54) is 4.90 Å². The fourth-order valence-electron chi connectivity index (χ4n) is 1.94. The molecular formula is C13H17NO4. The third-order valence-electron chi connectivity index (χ3n) is 3.02. The minimum Gasteiger partial charge on any atom is -0.385 e. The van der Waals surface area contributed by atoms with E-state index in [0.29, 0.717) is 31.9 Å². The second-order valence-electron chi connectivity index (χ2n) is 4.24. The van der Waals surface area contributed by atoms with Gasteiger partial charge in [0.25, 0.3) is 5.91 Å². The average molecular weight is 251 g/mol. The number of rotatable bonds is 3. The largest absolute Gasteiger partial charge is 0.385 e. The number of morpholine rings is 1. The van der Waals surface area contributed by atoms with Crippen LogP contribution < -0.4 is 0 Å². The van der Waals surface area contributed by atoms with Gasteiger partial charge >= 0.3 is 0 Å². The summed E-state index contributed by atoms with van der Waals surface area (Å²) in [5.41, 5.74) is 0.534. The number of benzene rings is 1. The Kier molecular flexibility index (Phi) is 4.30. The van der Waals surface area contributed by atoms with E-state index in [0.717, 1.165) is 0 Å². The Labute approximate surface area is 106 Å². The summed E-state index contributed by atoms with van der Waals surface area (Å²) in [5, 5.41) is 19.9. The third kappa shape index (κ3) is 2.87. The van der Waals surface area contributed by atoms with Crippen LogP contribution in [0.1, 0.15) is 11.7 Å². The molecule has 1 fully saturated rings. The van der Waals surface area contributed by atoms with Crippen LogP contribution in [0.15, 0.2) is 30.3 Å². The van der Waals surface area contributed by atoms with E-state index in [1.54, 1.807) is 24.3 Å². The van der Waals surface area contributed by atoms with E-state index < -0.39 is 18.1 Å². The molecule has 1 saturated heterocycles. The summed E-state index contributed by atoms with van der Waals surface area (Å²) in [6.07, 6.45) is -2.62. The van der Waals surface area contributed by atoms with E-state index >= 15 is 0 Å². The second kappa shape index (κ2) is 5.95. The zero-order chi connectivity index (χ0) is 13.0. The van der Waals surface area contributed by atoms with Crippen molar-refractivity contribution in [3.05, 3.63) is 35.9 Å². The number of ether oxygens (including phenoxy) is 1. The van der Waals surface area contributed by atoms with Gasteiger partial charge in [0.1, 0.15) is 6.10 Å². The summed E-state index contributed by atoms with van der Waals surface area (Å²) < 4.78 is 5.14. The molecule has 1 amide bonds. The van der Waals surface area contributed by atoms with Crippen LogP contribution in [-0.2, 0) is 9.53 Å². The summed E-state index contributed by atoms with van der Waals surface area (Å²) in [6.45, 7) is 1.86. The molecule has 1 aromatic carbocycles. The number of aliphatic hydroxyl groups excluding tert-OH is 2. The van der Waals surface area contributed by atoms with Gasteiger partial charge in [-0.3, -0.25) is 4.79 Å². The van der Waals surface area contributed by atoms with Gasteiger partial charge in [-0.2, -0.15) is 0 Å². The second-order valence-corrected chi connectivity index (χ2v) is 4.24. The van der Waals surface area contributed by atoms with Gasteiger partial charge in [0.2, 0.25) is 0 Å². The molecule has 0 bridgehead atoms. The number of amides is 1. The number of hydrogen-bond acceptors (Lipinski definition) is 4. The fraction of sp³-hybridized carbons (Fsp3) is 0.462. The first-order chi connectivity index (χ1) is 8.70. The van der Waals surface area contributed by atoms with Crippen LogP contribution in [0, 0.1) is 0 Å². The molecular weight excluding hydrogens is 234 g/mol. The lowest BCUT2D eigenvalue weighted by Gasteiger charge is -2.30. The van der Waals surface area contributed by atoms with Crippen LogP contribution >= 0.6 is 0 Å². The van der Waals surface area contributed by atoms with Crippen molar-refractivity contribution >= 4 is 5.91 Å². The lowest BCUT2D eigenvalue weighted by molar-refractivity contribution is -0.150. The van der Waals surface area contributed by atoms with Gasteiger partial charge in [0.05, 0.1) is 13.2 Å². The van der Waals surface area contributed by atoms with Gasteiger partial charge in [0, 0.05) is 13.1 Å². The summed E-state index contributed by atoms with van der Waals surface area (Å²) in [7, 11) is 0. The van der Waals surface area contributed by atoms with Crippen LogP contribution in [0.5, 0.6) is 0 Å². The van der Waals surface area contributed by atoms with Crippen LogP contribution in [0.25, 0.3) is 0 Å². The molecule has 2 rings (SSSR count). The highest BCUT2D eigenvalue weighted by atomic mass is 16.5. The highest BCUT2D eigenvalue weighted by molar-refractivity contribution is 5.81. The molecule has 0 unspecified atom stereocenters. The summed E-state index contributed by atoms with van der Waals surface area (Å²) in [4.78, 5) is 13.5. The minimum atomic E-state index is -1.43. The summed E-state index contributed by atoms with van der Waals surface area (Å²) >= 11 is 0. The smallest absolute Gasteiger partial charge is 0.254 e. The van der Waals surface area contributed by atoms with Crippen molar-refractivity contribution in [3.8, 4) is 0 Å². The molecule has 5 heteroatoms. The Balaban J connectivity index is 2.01. The topological polar surface area (TPSA) is 70.0 Å². The molecule has 0 spiro atoms. The summed E-state index contributed by atoms with van der Waals surface area (Å²) in [5.74, 6) is -0.449. The molecule has 0 aliphatic carbocycles. The van der Waals surface area contributed by atoms with Crippen molar-refractivity contribution in [2.24, 2.45) is 0 Å². The van der Waals surface area contributed by atoms with Crippen molar-refractivity contribution in [1.29, 1.82) is 0 Å². The Morgan fingerprint density at radius 3 is 2.39 bits per heavy atom. The predicted octanol–water partition coefficient (Wildman–Crippen LogP) is -0.0603. The van der Waals surface area contributed by atoms with Crippen LogP contribution in [0.4, 0.5) is 0 Å². The molecule has 0 saturated carbocycles. The molecule has 98 valence electrons. The van der Waals surface area contributed by atoms with Gasteiger partial charge in [-0.15, -0.1) is 0 Å². The molecule has 5 nitrogen and oxygen atoms in total. The number of carbonyl (C=O) groups excluding carboxylic acids is 1.